The van der Waals surface area contributed by atoms with E-state index in [1.165, 1.54) is 19.4 Å². The Hall–Kier alpha value is -0.980. The van der Waals surface area contributed by atoms with E-state index in [-0.39, 0.29) is 6.04 Å². The van der Waals surface area contributed by atoms with Crippen molar-refractivity contribution in [2.24, 2.45) is 5.73 Å². The van der Waals surface area contributed by atoms with Gasteiger partial charge in [0.25, 0.3) is 0 Å². The zero-order valence-corrected chi connectivity index (χ0v) is 13.2. The number of nitrogens with two attached hydrogens (primary N) is 1. The van der Waals surface area contributed by atoms with Crippen molar-refractivity contribution >= 4 is 44.8 Å². The summed E-state index contributed by atoms with van der Waals surface area (Å²) in [6.45, 7) is 0. The fourth-order valence-electron chi connectivity index (χ4n) is 2.21. The van der Waals surface area contributed by atoms with Gasteiger partial charge in [-0.3, -0.25) is 4.98 Å². The van der Waals surface area contributed by atoms with Crippen LogP contribution in [0.4, 0.5) is 0 Å². The Morgan fingerprint density at radius 2 is 2.11 bits per heavy atom. The third-order valence-electron chi connectivity index (χ3n) is 3.20. The van der Waals surface area contributed by atoms with Crippen LogP contribution in [0.1, 0.15) is 17.2 Å². The van der Waals surface area contributed by atoms with Gasteiger partial charge in [0.15, 0.2) is 0 Å². The Balaban J connectivity index is 1.93. The van der Waals surface area contributed by atoms with Gasteiger partial charge in [-0.05, 0) is 63.7 Å². The molecular weight excluding hydrogens is 367 g/mol. The van der Waals surface area contributed by atoms with Gasteiger partial charge in [0.05, 0.1) is 8.40 Å². The van der Waals surface area contributed by atoms with Crippen molar-refractivity contribution in [3.05, 3.63) is 62.0 Å². The molecule has 0 amide bonds. The van der Waals surface area contributed by atoms with Crippen molar-refractivity contribution in [1.82, 2.24) is 4.98 Å². The molecular formula is C15H13IN2S. The number of para-hydroxylation sites is 1. The minimum absolute atomic E-state index is 0.0468. The number of hydrogen-bond donors (Lipinski definition) is 1. The lowest BCUT2D eigenvalue weighted by Crippen LogP contribution is -2.12. The second-order valence-electron chi connectivity index (χ2n) is 4.48. The molecule has 0 saturated heterocycles. The maximum Gasteiger partial charge on any atom is 0.0704 e. The predicted octanol–water partition coefficient (Wildman–Crippen LogP) is 4.14. The number of halogens is 1. The third-order valence-corrected chi connectivity index (χ3v) is 5.00. The van der Waals surface area contributed by atoms with Gasteiger partial charge < -0.3 is 5.73 Å². The molecule has 0 bridgehead atoms. The van der Waals surface area contributed by atoms with Gasteiger partial charge in [0.1, 0.15) is 0 Å². The summed E-state index contributed by atoms with van der Waals surface area (Å²) >= 11 is 4.07. The Morgan fingerprint density at radius 3 is 2.89 bits per heavy atom. The molecule has 2 heterocycles. The van der Waals surface area contributed by atoms with E-state index in [1.54, 1.807) is 11.3 Å². The first-order valence-electron chi connectivity index (χ1n) is 6.06. The first-order valence-corrected chi connectivity index (χ1v) is 8.02. The smallest absolute Gasteiger partial charge is 0.0704 e. The summed E-state index contributed by atoms with van der Waals surface area (Å²) in [6.07, 6.45) is 2.71. The van der Waals surface area contributed by atoms with Gasteiger partial charge in [-0.15, -0.1) is 11.3 Å². The molecule has 0 fully saturated rings. The molecule has 0 spiro atoms. The molecule has 19 heavy (non-hydrogen) atoms. The summed E-state index contributed by atoms with van der Waals surface area (Å²) in [5, 5.41) is 3.35. The van der Waals surface area contributed by atoms with Crippen LogP contribution < -0.4 is 5.73 Å². The molecule has 2 nitrogen and oxygen atoms in total. The Labute approximate surface area is 129 Å². The Bertz CT molecular complexity index is 703. The van der Waals surface area contributed by atoms with Gasteiger partial charge in [0, 0.05) is 17.6 Å². The van der Waals surface area contributed by atoms with Crippen molar-refractivity contribution in [3.63, 3.8) is 0 Å². The highest BCUT2D eigenvalue weighted by atomic mass is 127. The molecule has 1 aromatic carbocycles. The van der Waals surface area contributed by atoms with E-state index in [2.05, 4.69) is 51.2 Å². The number of pyridine rings is 1. The maximum atomic E-state index is 6.31. The summed E-state index contributed by atoms with van der Waals surface area (Å²) in [5.74, 6) is 0. The largest absolute Gasteiger partial charge is 0.324 e. The summed E-state index contributed by atoms with van der Waals surface area (Å²) < 4.78 is 1.28. The fourth-order valence-corrected chi connectivity index (χ4v) is 3.64. The van der Waals surface area contributed by atoms with Gasteiger partial charge in [0.2, 0.25) is 0 Å². The Kier molecular flexibility index (Phi) is 3.81. The quantitative estimate of drug-likeness (QED) is 0.694. The Morgan fingerprint density at radius 1 is 1.26 bits per heavy atom. The molecule has 3 aromatic rings. The molecule has 0 aliphatic heterocycles. The normalized spacial score (nSPS) is 12.7. The van der Waals surface area contributed by atoms with Gasteiger partial charge in [-0.2, -0.15) is 0 Å². The fraction of sp³-hybridized carbons (Fsp3) is 0.133. The van der Waals surface area contributed by atoms with Crippen molar-refractivity contribution in [2.45, 2.75) is 12.5 Å². The third kappa shape index (κ3) is 2.80. The first-order chi connectivity index (χ1) is 9.24. The number of hydrogen-bond acceptors (Lipinski definition) is 3. The lowest BCUT2D eigenvalue weighted by atomic mass is 9.99. The van der Waals surface area contributed by atoms with Crippen LogP contribution in [0.3, 0.4) is 0 Å². The molecule has 0 aliphatic rings. The molecule has 2 aromatic heterocycles. The highest BCUT2D eigenvalue weighted by Crippen LogP contribution is 2.25. The molecule has 2 N–H and O–H groups in total. The van der Waals surface area contributed by atoms with Crippen molar-refractivity contribution in [3.8, 4) is 0 Å². The number of thiophene rings is 1. The van der Waals surface area contributed by atoms with Crippen molar-refractivity contribution in [2.75, 3.05) is 0 Å². The monoisotopic (exact) mass is 380 g/mol. The molecule has 0 aliphatic carbocycles. The second kappa shape index (κ2) is 5.56. The summed E-state index contributed by atoms with van der Waals surface area (Å²) in [6, 6.07) is 12.5. The standard InChI is InChI=1S/C15H13IN2S/c16-15-8-11(9-19-15)13(17)7-10-5-6-18-14-4-2-1-3-12(10)14/h1-6,8-9,13H,7,17H2. The van der Waals surface area contributed by atoms with Crippen LogP contribution in [-0.4, -0.2) is 4.98 Å². The number of benzene rings is 1. The van der Waals surface area contributed by atoms with Gasteiger partial charge in [-0.25, -0.2) is 0 Å². The van der Waals surface area contributed by atoms with Crippen molar-refractivity contribution < 1.29 is 0 Å². The van der Waals surface area contributed by atoms with E-state index in [1.807, 2.05) is 24.4 Å². The van der Waals surface area contributed by atoms with Gasteiger partial charge in [-0.1, -0.05) is 18.2 Å². The zero-order valence-electron chi connectivity index (χ0n) is 10.2. The predicted molar refractivity (Wildman–Crippen MR) is 89.4 cm³/mol. The minimum Gasteiger partial charge on any atom is -0.324 e. The van der Waals surface area contributed by atoms with E-state index >= 15 is 0 Å². The van der Waals surface area contributed by atoms with Crippen molar-refractivity contribution in [1.29, 1.82) is 0 Å². The van der Waals surface area contributed by atoms with E-state index in [4.69, 9.17) is 5.73 Å². The van der Waals surface area contributed by atoms with Crippen LogP contribution >= 0.6 is 33.9 Å². The second-order valence-corrected chi connectivity index (χ2v) is 7.29. The SMILES string of the molecule is NC(Cc1ccnc2ccccc12)c1csc(I)c1. The first kappa shape index (κ1) is 13.0. The van der Waals surface area contributed by atoms with Crippen LogP contribution in [0, 0.1) is 2.88 Å². The molecule has 1 atom stereocenters. The van der Waals surface area contributed by atoms with E-state index in [9.17, 15) is 0 Å². The van der Waals surface area contributed by atoms with Crippen LogP contribution in [0.2, 0.25) is 0 Å². The number of rotatable bonds is 3. The van der Waals surface area contributed by atoms with E-state index in [0.29, 0.717) is 0 Å². The highest BCUT2D eigenvalue weighted by Gasteiger charge is 2.11. The topological polar surface area (TPSA) is 38.9 Å². The average Bonchev–Trinajstić information content (AvgIpc) is 2.86. The molecule has 4 heteroatoms. The van der Waals surface area contributed by atoms with E-state index in [0.717, 1.165) is 11.9 Å². The molecule has 1 unspecified atom stereocenters. The number of fused-ring (bicyclic) bond motifs is 1. The number of aromatic nitrogens is 1. The highest BCUT2D eigenvalue weighted by molar-refractivity contribution is 14.1. The summed E-state index contributed by atoms with van der Waals surface area (Å²) in [5.41, 5.74) is 9.83. The lowest BCUT2D eigenvalue weighted by molar-refractivity contribution is 0.728. The van der Waals surface area contributed by atoms with E-state index < -0.39 is 0 Å². The summed E-state index contributed by atoms with van der Waals surface area (Å²) in [4.78, 5) is 4.39. The molecule has 0 saturated carbocycles. The molecule has 3 rings (SSSR count). The van der Waals surface area contributed by atoms with Crippen LogP contribution in [-0.2, 0) is 6.42 Å². The lowest BCUT2D eigenvalue weighted by Gasteiger charge is -2.12. The van der Waals surface area contributed by atoms with Crippen LogP contribution in [0.5, 0.6) is 0 Å². The van der Waals surface area contributed by atoms with Crippen LogP contribution in [0.25, 0.3) is 10.9 Å². The molecule has 0 radical (unpaired) electrons. The number of nitrogens with zero attached hydrogens (tertiary/aromatic N) is 1. The summed E-state index contributed by atoms with van der Waals surface area (Å²) in [7, 11) is 0. The van der Waals surface area contributed by atoms with Crippen LogP contribution in [0.15, 0.2) is 48.0 Å². The molecule has 96 valence electrons. The average molecular weight is 380 g/mol. The van der Waals surface area contributed by atoms with Gasteiger partial charge >= 0.3 is 0 Å². The minimum atomic E-state index is 0.0468. The zero-order chi connectivity index (χ0) is 13.2. The maximum absolute atomic E-state index is 6.31.